The summed E-state index contributed by atoms with van der Waals surface area (Å²) in [7, 11) is 0. The molecule has 1 heterocycles. The Kier molecular flexibility index (Phi) is 5.97. The molecule has 6 heteroatoms. The van der Waals surface area contributed by atoms with Crippen LogP contribution in [0.3, 0.4) is 0 Å². The van der Waals surface area contributed by atoms with Gasteiger partial charge < -0.3 is 0 Å². The first-order valence-corrected chi connectivity index (χ1v) is 9.76. The molecule has 0 aromatic heterocycles. The summed E-state index contributed by atoms with van der Waals surface area (Å²) in [5, 5.41) is 0.650. The van der Waals surface area contributed by atoms with Crippen molar-refractivity contribution in [2.75, 3.05) is 6.54 Å². The van der Waals surface area contributed by atoms with Crippen LogP contribution in [0.15, 0.2) is 24.3 Å². The molecule has 5 nitrogen and oxygen atoms in total. The first kappa shape index (κ1) is 18.9. The topological polar surface area (TPSA) is 57.7 Å². The van der Waals surface area contributed by atoms with Crippen LogP contribution in [0.2, 0.25) is 5.02 Å². The summed E-state index contributed by atoms with van der Waals surface area (Å²) < 4.78 is 0. The minimum Gasteiger partial charge on any atom is -0.274 e. The fourth-order valence-electron chi connectivity index (χ4n) is 3.99. The van der Waals surface area contributed by atoms with E-state index in [4.69, 9.17) is 11.6 Å². The Hall–Kier alpha value is -1.88. The van der Waals surface area contributed by atoms with E-state index in [1.165, 1.54) is 16.2 Å². The number of imide groups is 2. The number of carbonyl (C=O) groups is 3. The molecule has 0 N–H and O–H groups in total. The van der Waals surface area contributed by atoms with Crippen LogP contribution in [0.1, 0.15) is 51.0 Å². The number of amides is 4. The molecular formula is C20H25ClN2O3. The molecule has 1 atom stereocenters. The first-order valence-electron chi connectivity index (χ1n) is 9.38. The molecule has 2 aliphatic rings. The Bertz CT molecular complexity index is 683. The number of barbiturate groups is 1. The fraction of sp³-hybridized carbons (Fsp3) is 0.550. The van der Waals surface area contributed by atoms with E-state index in [0.29, 0.717) is 17.4 Å². The average Bonchev–Trinajstić information content (AvgIpc) is 2.63. The van der Waals surface area contributed by atoms with Crippen molar-refractivity contribution < 1.29 is 14.4 Å². The molecule has 1 saturated carbocycles. The molecule has 2 fully saturated rings. The maximum atomic E-state index is 12.9. The number of carbonyl (C=O) groups excluding carboxylic acids is 3. The quantitative estimate of drug-likeness (QED) is 0.729. The van der Waals surface area contributed by atoms with E-state index in [9.17, 15) is 14.4 Å². The fourth-order valence-corrected chi connectivity index (χ4v) is 4.12. The van der Waals surface area contributed by atoms with Crippen LogP contribution in [0.25, 0.3) is 0 Å². The lowest BCUT2D eigenvalue weighted by Gasteiger charge is -2.40. The zero-order valence-corrected chi connectivity index (χ0v) is 15.9. The van der Waals surface area contributed by atoms with E-state index >= 15 is 0 Å². The maximum absolute atomic E-state index is 12.9. The van der Waals surface area contributed by atoms with Crippen LogP contribution in [-0.2, 0) is 16.0 Å². The second kappa shape index (κ2) is 8.21. The van der Waals surface area contributed by atoms with Crippen LogP contribution in [0.5, 0.6) is 0 Å². The highest BCUT2D eigenvalue weighted by atomic mass is 35.5. The van der Waals surface area contributed by atoms with Gasteiger partial charge in [0.1, 0.15) is 6.42 Å². The Morgan fingerprint density at radius 3 is 2.35 bits per heavy atom. The number of benzene rings is 1. The molecular weight excluding hydrogens is 352 g/mol. The molecule has 1 aromatic carbocycles. The van der Waals surface area contributed by atoms with Gasteiger partial charge in [-0.05, 0) is 49.8 Å². The molecule has 1 aromatic rings. The number of hydrogen-bond acceptors (Lipinski definition) is 3. The first-order chi connectivity index (χ1) is 12.5. The molecule has 0 radical (unpaired) electrons. The van der Waals surface area contributed by atoms with Crippen LogP contribution in [-0.4, -0.2) is 40.2 Å². The minimum absolute atomic E-state index is 0.151. The van der Waals surface area contributed by atoms with Gasteiger partial charge in [0.05, 0.1) is 0 Å². The number of nitrogens with zero attached hydrogens (tertiary/aromatic N) is 2. The van der Waals surface area contributed by atoms with Crippen molar-refractivity contribution in [3.63, 3.8) is 0 Å². The van der Waals surface area contributed by atoms with Gasteiger partial charge in [0.25, 0.3) is 0 Å². The second-order valence-electron chi connectivity index (χ2n) is 7.28. The minimum atomic E-state index is -0.460. The lowest BCUT2D eigenvalue weighted by Crippen LogP contribution is -2.59. The number of halogens is 1. The number of rotatable bonds is 5. The smallest absolute Gasteiger partial charge is 0.274 e. The highest BCUT2D eigenvalue weighted by Gasteiger charge is 2.42. The second-order valence-corrected chi connectivity index (χ2v) is 7.72. The van der Waals surface area contributed by atoms with Crippen molar-refractivity contribution in [2.45, 2.75) is 57.9 Å². The third kappa shape index (κ3) is 4.09. The Labute approximate surface area is 159 Å². The van der Waals surface area contributed by atoms with Gasteiger partial charge in [-0.2, -0.15) is 0 Å². The van der Waals surface area contributed by atoms with Crippen LogP contribution in [0.4, 0.5) is 4.79 Å². The van der Waals surface area contributed by atoms with Crippen LogP contribution in [0, 0.1) is 5.92 Å². The van der Waals surface area contributed by atoms with Crippen LogP contribution < -0.4 is 0 Å². The van der Waals surface area contributed by atoms with E-state index in [1.54, 1.807) is 12.1 Å². The predicted molar refractivity (Wildman–Crippen MR) is 99.8 cm³/mol. The Balaban J connectivity index is 1.69. The molecule has 26 heavy (non-hydrogen) atoms. The van der Waals surface area contributed by atoms with Crippen molar-refractivity contribution in [2.24, 2.45) is 5.92 Å². The number of hydrogen-bond donors (Lipinski definition) is 0. The molecule has 1 saturated heterocycles. The predicted octanol–water partition coefficient (Wildman–Crippen LogP) is 4.03. The summed E-state index contributed by atoms with van der Waals surface area (Å²) in [6.07, 6.45) is 5.91. The van der Waals surface area contributed by atoms with Gasteiger partial charge in [-0.1, -0.05) is 43.0 Å². The van der Waals surface area contributed by atoms with Gasteiger partial charge in [0, 0.05) is 17.6 Å². The van der Waals surface area contributed by atoms with Crippen molar-refractivity contribution in [1.82, 2.24) is 9.80 Å². The summed E-state index contributed by atoms with van der Waals surface area (Å²) in [6.45, 7) is 2.22. The van der Waals surface area contributed by atoms with Crippen LogP contribution >= 0.6 is 11.6 Å². The van der Waals surface area contributed by atoms with Crippen molar-refractivity contribution in [3.05, 3.63) is 34.9 Å². The SMILES string of the molecule is C[C@@H](C1CCCCC1)N1C(=O)CC(=O)N(CCc2ccc(Cl)cc2)C1=O. The third-order valence-corrected chi connectivity index (χ3v) is 5.84. The van der Waals surface area contributed by atoms with Gasteiger partial charge in [0.15, 0.2) is 0 Å². The monoisotopic (exact) mass is 376 g/mol. The zero-order valence-electron chi connectivity index (χ0n) is 15.1. The van der Waals surface area contributed by atoms with Gasteiger partial charge in [-0.25, -0.2) is 4.79 Å². The normalized spacial score (nSPS) is 20.6. The summed E-state index contributed by atoms with van der Waals surface area (Å²) in [6, 6.07) is 6.73. The molecule has 140 valence electrons. The summed E-state index contributed by atoms with van der Waals surface area (Å²) in [5.41, 5.74) is 0.999. The highest BCUT2D eigenvalue weighted by Crippen LogP contribution is 2.31. The molecule has 0 spiro atoms. The summed E-state index contributed by atoms with van der Waals surface area (Å²) >= 11 is 5.89. The van der Waals surface area contributed by atoms with E-state index in [1.807, 2.05) is 19.1 Å². The molecule has 0 bridgehead atoms. The third-order valence-electron chi connectivity index (χ3n) is 5.59. The standard InChI is InChI=1S/C20H25ClN2O3/c1-14(16-5-3-2-4-6-16)23-19(25)13-18(24)22(20(23)26)12-11-15-7-9-17(21)10-8-15/h7-10,14,16H,2-6,11-13H2,1H3/t14-/m0/s1. The highest BCUT2D eigenvalue weighted by molar-refractivity contribution is 6.30. The van der Waals surface area contributed by atoms with Gasteiger partial charge in [-0.15, -0.1) is 0 Å². The maximum Gasteiger partial charge on any atom is 0.333 e. The van der Waals surface area contributed by atoms with E-state index in [2.05, 4.69) is 0 Å². The van der Waals surface area contributed by atoms with Crippen molar-refractivity contribution >= 4 is 29.4 Å². The lowest BCUT2D eigenvalue weighted by molar-refractivity contribution is -0.144. The van der Waals surface area contributed by atoms with Gasteiger partial charge in [-0.3, -0.25) is 19.4 Å². The summed E-state index contributed by atoms with van der Waals surface area (Å²) in [5.74, 6) is -0.426. The van der Waals surface area contributed by atoms with Gasteiger partial charge in [0.2, 0.25) is 11.8 Å². The Morgan fingerprint density at radius 1 is 1.04 bits per heavy atom. The molecule has 3 rings (SSSR count). The number of urea groups is 1. The van der Waals surface area contributed by atoms with E-state index in [0.717, 1.165) is 31.2 Å². The molecule has 4 amide bonds. The molecule has 1 aliphatic heterocycles. The van der Waals surface area contributed by atoms with Crippen molar-refractivity contribution in [3.8, 4) is 0 Å². The van der Waals surface area contributed by atoms with Crippen molar-refractivity contribution in [1.29, 1.82) is 0 Å². The molecule has 1 aliphatic carbocycles. The molecule has 0 unspecified atom stereocenters. The van der Waals surface area contributed by atoms with E-state index in [-0.39, 0.29) is 24.9 Å². The average molecular weight is 377 g/mol. The zero-order chi connectivity index (χ0) is 18.7. The van der Waals surface area contributed by atoms with E-state index < -0.39 is 11.9 Å². The lowest BCUT2D eigenvalue weighted by atomic mass is 9.83. The Morgan fingerprint density at radius 2 is 1.69 bits per heavy atom. The largest absolute Gasteiger partial charge is 0.333 e. The van der Waals surface area contributed by atoms with Gasteiger partial charge >= 0.3 is 6.03 Å². The summed E-state index contributed by atoms with van der Waals surface area (Å²) in [4.78, 5) is 40.1.